The minimum atomic E-state index is -4.38. The Morgan fingerprint density at radius 3 is 2.40 bits per heavy atom. The summed E-state index contributed by atoms with van der Waals surface area (Å²) in [6.07, 6.45) is -4.38. The van der Waals surface area contributed by atoms with E-state index >= 15 is 0 Å². The van der Waals surface area contributed by atoms with Gasteiger partial charge in [0.2, 0.25) is 0 Å². The Balaban J connectivity index is 1.77. The van der Waals surface area contributed by atoms with Crippen molar-refractivity contribution >= 4 is 28.8 Å². The Hall–Kier alpha value is -1.86. The van der Waals surface area contributed by atoms with Crippen LogP contribution in [0.3, 0.4) is 0 Å². The highest BCUT2D eigenvalue weighted by molar-refractivity contribution is 7.99. The predicted octanol–water partition coefficient (Wildman–Crippen LogP) is 4.67. The van der Waals surface area contributed by atoms with Crippen molar-refractivity contribution in [2.24, 2.45) is 0 Å². The number of piperazine rings is 1. The first-order valence-electron chi connectivity index (χ1n) is 8.14. The van der Waals surface area contributed by atoms with Crippen LogP contribution in [0.4, 0.5) is 30.2 Å². The molecule has 4 rings (SSSR count). The number of nitrogens with one attached hydrogen (secondary N) is 1. The van der Waals surface area contributed by atoms with Crippen LogP contribution < -0.4 is 10.2 Å². The van der Waals surface area contributed by atoms with Gasteiger partial charge in [0.1, 0.15) is 0 Å². The fourth-order valence-electron chi connectivity index (χ4n) is 3.21. The lowest BCUT2D eigenvalue weighted by molar-refractivity contribution is -0.137. The van der Waals surface area contributed by atoms with E-state index in [9.17, 15) is 13.2 Å². The van der Waals surface area contributed by atoms with Crippen LogP contribution in [0.2, 0.25) is 0 Å². The highest BCUT2D eigenvalue weighted by Gasteiger charge is 2.37. The molecular weight excluding hydrogens is 347 g/mol. The Bertz CT molecular complexity index is 799. The summed E-state index contributed by atoms with van der Waals surface area (Å²) in [4.78, 5) is 5.85. The molecule has 3 nitrogen and oxygen atoms in total. The molecule has 132 valence electrons. The molecule has 25 heavy (non-hydrogen) atoms. The molecule has 1 fully saturated rings. The van der Waals surface area contributed by atoms with Crippen molar-refractivity contribution in [3.8, 4) is 0 Å². The second-order valence-corrected chi connectivity index (χ2v) is 7.46. The molecule has 7 heteroatoms. The maximum absolute atomic E-state index is 13.7. The number of fused-ring (bicyclic) bond motifs is 2. The van der Waals surface area contributed by atoms with Crippen molar-refractivity contribution in [1.82, 2.24) is 4.90 Å². The first kappa shape index (κ1) is 16.6. The van der Waals surface area contributed by atoms with E-state index in [1.807, 2.05) is 36.2 Å². The highest BCUT2D eigenvalue weighted by Crippen LogP contribution is 2.49. The summed E-state index contributed by atoms with van der Waals surface area (Å²) in [5, 5.41) is 3.14. The van der Waals surface area contributed by atoms with Gasteiger partial charge in [0.05, 0.1) is 22.6 Å². The topological polar surface area (TPSA) is 18.5 Å². The quantitative estimate of drug-likeness (QED) is 0.675. The minimum Gasteiger partial charge on any atom is -0.368 e. The molecule has 1 saturated heterocycles. The molecule has 2 aromatic rings. The number of likely N-dealkylation sites (N-methyl/N-ethyl adjacent to an activating group) is 1. The van der Waals surface area contributed by atoms with Crippen molar-refractivity contribution in [1.29, 1.82) is 0 Å². The third-order valence-corrected chi connectivity index (χ3v) is 5.76. The zero-order chi connectivity index (χ0) is 17.6. The van der Waals surface area contributed by atoms with Crippen LogP contribution in [0.5, 0.6) is 0 Å². The molecule has 0 radical (unpaired) electrons. The normalized spacial score (nSPS) is 17.7. The second kappa shape index (κ2) is 6.14. The van der Waals surface area contributed by atoms with Crippen LogP contribution in [-0.4, -0.2) is 38.1 Å². The highest BCUT2D eigenvalue weighted by atomic mass is 32.2. The molecule has 2 heterocycles. The fourth-order valence-corrected chi connectivity index (χ4v) is 4.21. The van der Waals surface area contributed by atoms with Gasteiger partial charge < -0.3 is 15.1 Å². The molecule has 2 aliphatic rings. The molecule has 0 aliphatic carbocycles. The van der Waals surface area contributed by atoms with Crippen molar-refractivity contribution in [2.45, 2.75) is 16.0 Å². The lowest BCUT2D eigenvalue weighted by atomic mass is 10.1. The maximum Gasteiger partial charge on any atom is 0.418 e. The SMILES string of the molecule is CN1CCN(c2cc3c(cc2C(F)(F)F)Nc2ccccc2S3)CC1. The maximum atomic E-state index is 13.7. The Kier molecular flexibility index (Phi) is 4.08. The number of nitrogens with zero attached hydrogens (tertiary/aromatic N) is 2. The molecule has 0 aromatic heterocycles. The number of rotatable bonds is 1. The monoisotopic (exact) mass is 365 g/mol. The van der Waals surface area contributed by atoms with Crippen LogP contribution in [0.1, 0.15) is 5.56 Å². The van der Waals surface area contributed by atoms with E-state index in [0.717, 1.165) is 28.6 Å². The van der Waals surface area contributed by atoms with E-state index < -0.39 is 11.7 Å². The number of halogens is 3. The van der Waals surface area contributed by atoms with Crippen LogP contribution in [-0.2, 0) is 6.18 Å². The second-order valence-electron chi connectivity index (χ2n) is 6.38. The number of para-hydroxylation sites is 1. The largest absolute Gasteiger partial charge is 0.418 e. The first-order valence-corrected chi connectivity index (χ1v) is 8.96. The summed E-state index contributed by atoms with van der Waals surface area (Å²) in [6.45, 7) is 2.74. The molecule has 0 unspecified atom stereocenters. The summed E-state index contributed by atoms with van der Waals surface area (Å²) in [6, 6.07) is 10.6. The van der Waals surface area contributed by atoms with Crippen LogP contribution in [0, 0.1) is 0 Å². The van der Waals surface area contributed by atoms with Crippen molar-refractivity contribution in [2.75, 3.05) is 43.4 Å². The third kappa shape index (κ3) is 3.18. The van der Waals surface area contributed by atoms with Crippen LogP contribution in [0.15, 0.2) is 46.2 Å². The molecule has 1 N–H and O–H groups in total. The predicted molar refractivity (Wildman–Crippen MR) is 95.0 cm³/mol. The molecule has 0 bridgehead atoms. The summed E-state index contributed by atoms with van der Waals surface area (Å²) in [5.74, 6) is 0. The standard InChI is InChI=1S/C18H18F3N3S/c1-23-6-8-24(9-7-23)15-11-17-14(10-12(15)18(19,20)21)22-13-4-2-3-5-16(13)25-17/h2-5,10-11,22H,6-9H2,1H3. The molecule has 0 spiro atoms. The van der Waals surface area contributed by atoms with E-state index in [2.05, 4.69) is 10.2 Å². The van der Waals surface area contributed by atoms with Gasteiger partial charge in [-0.3, -0.25) is 0 Å². The molecule has 2 aromatic carbocycles. The van der Waals surface area contributed by atoms with Gasteiger partial charge in [-0.25, -0.2) is 0 Å². The first-order chi connectivity index (χ1) is 11.9. The average molecular weight is 365 g/mol. The van der Waals surface area contributed by atoms with Crippen molar-refractivity contribution in [3.05, 3.63) is 42.0 Å². The van der Waals surface area contributed by atoms with Gasteiger partial charge in [-0.05, 0) is 31.3 Å². The minimum absolute atomic E-state index is 0.285. The van der Waals surface area contributed by atoms with Gasteiger partial charge in [-0.1, -0.05) is 23.9 Å². The van der Waals surface area contributed by atoms with E-state index in [1.165, 1.54) is 17.8 Å². The lowest BCUT2D eigenvalue weighted by Crippen LogP contribution is -2.45. The van der Waals surface area contributed by atoms with Gasteiger partial charge in [-0.15, -0.1) is 0 Å². The van der Waals surface area contributed by atoms with E-state index in [4.69, 9.17) is 0 Å². The van der Waals surface area contributed by atoms with Crippen molar-refractivity contribution in [3.63, 3.8) is 0 Å². The number of anilines is 3. The smallest absolute Gasteiger partial charge is 0.368 e. The van der Waals surface area contributed by atoms with Crippen LogP contribution in [0.25, 0.3) is 0 Å². The Morgan fingerprint density at radius 1 is 0.960 bits per heavy atom. The Labute approximate surface area is 148 Å². The van der Waals surface area contributed by atoms with Gasteiger partial charge in [0.15, 0.2) is 0 Å². The number of alkyl halides is 3. The van der Waals surface area contributed by atoms with Gasteiger partial charge in [-0.2, -0.15) is 13.2 Å². The van der Waals surface area contributed by atoms with E-state index in [0.29, 0.717) is 18.8 Å². The molecule has 2 aliphatic heterocycles. The Morgan fingerprint density at radius 2 is 1.68 bits per heavy atom. The summed E-state index contributed by atoms with van der Waals surface area (Å²) < 4.78 is 41.0. The number of hydrogen-bond acceptors (Lipinski definition) is 4. The number of benzene rings is 2. The van der Waals surface area contributed by atoms with Crippen molar-refractivity contribution < 1.29 is 13.2 Å². The van der Waals surface area contributed by atoms with Gasteiger partial charge >= 0.3 is 6.18 Å². The van der Waals surface area contributed by atoms with Gasteiger partial charge in [0.25, 0.3) is 0 Å². The fraction of sp³-hybridized carbons (Fsp3) is 0.333. The molecule has 0 amide bonds. The van der Waals surface area contributed by atoms with Crippen LogP contribution >= 0.6 is 11.8 Å². The molecule has 0 atom stereocenters. The van der Waals surface area contributed by atoms with E-state index in [1.54, 1.807) is 6.07 Å². The number of hydrogen-bond donors (Lipinski definition) is 1. The summed E-state index contributed by atoms with van der Waals surface area (Å²) in [7, 11) is 1.99. The average Bonchev–Trinajstić information content (AvgIpc) is 2.58. The lowest BCUT2D eigenvalue weighted by Gasteiger charge is -2.36. The molecular formula is C18H18F3N3S. The summed E-state index contributed by atoms with van der Waals surface area (Å²) >= 11 is 1.51. The molecule has 0 saturated carbocycles. The third-order valence-electron chi connectivity index (χ3n) is 4.62. The summed E-state index contributed by atoms with van der Waals surface area (Å²) in [5.41, 5.74) is 1.09. The zero-order valence-corrected chi connectivity index (χ0v) is 14.5. The zero-order valence-electron chi connectivity index (χ0n) is 13.7. The van der Waals surface area contributed by atoms with Gasteiger partial charge in [0, 0.05) is 36.0 Å². The van der Waals surface area contributed by atoms with E-state index in [-0.39, 0.29) is 5.69 Å².